The molecule has 1 heterocycles. The van der Waals surface area contributed by atoms with Crippen molar-refractivity contribution in [3.05, 3.63) is 29.6 Å². The number of nitrogen functional groups attached to an aromatic ring is 1. The number of nitrogens with zero attached hydrogens (tertiary/aromatic N) is 2. The summed E-state index contributed by atoms with van der Waals surface area (Å²) in [7, 11) is 0. The summed E-state index contributed by atoms with van der Waals surface area (Å²) in [5.74, 6) is 1.34. The molecule has 2 atom stereocenters. The second-order valence-corrected chi connectivity index (χ2v) is 4.95. The van der Waals surface area contributed by atoms with Crippen molar-refractivity contribution >= 4 is 16.7 Å². The molecule has 1 aromatic heterocycles. The van der Waals surface area contributed by atoms with E-state index >= 15 is 0 Å². The van der Waals surface area contributed by atoms with E-state index in [1.807, 2.05) is 18.2 Å². The normalized spacial score (nSPS) is 26.2. The molecular weight excluding hydrogens is 198 g/mol. The van der Waals surface area contributed by atoms with Crippen molar-refractivity contribution in [2.75, 3.05) is 5.73 Å². The van der Waals surface area contributed by atoms with Crippen LogP contribution >= 0.6 is 0 Å². The lowest BCUT2D eigenvalue weighted by molar-refractivity contribution is 0.685. The van der Waals surface area contributed by atoms with Gasteiger partial charge in [-0.05, 0) is 37.5 Å². The van der Waals surface area contributed by atoms with Gasteiger partial charge in [0.05, 0.1) is 22.4 Å². The van der Waals surface area contributed by atoms with Gasteiger partial charge in [-0.3, -0.25) is 0 Å². The van der Waals surface area contributed by atoms with Crippen molar-refractivity contribution in [3.63, 3.8) is 0 Å². The molecule has 1 fully saturated rings. The number of rotatable bonds is 0. The van der Waals surface area contributed by atoms with Crippen molar-refractivity contribution in [1.82, 2.24) is 9.97 Å². The molecule has 2 N–H and O–H groups in total. The maximum Gasteiger partial charge on any atom is 0.0910 e. The fourth-order valence-corrected chi connectivity index (χ4v) is 3.18. The van der Waals surface area contributed by atoms with Gasteiger partial charge in [-0.15, -0.1) is 0 Å². The molecule has 0 spiro atoms. The number of aromatic nitrogens is 2. The molecule has 0 saturated heterocycles. The Morgan fingerprint density at radius 1 is 1.00 bits per heavy atom. The Bertz CT molecular complexity index is 591. The molecule has 0 radical (unpaired) electrons. The van der Waals surface area contributed by atoms with E-state index in [-0.39, 0.29) is 0 Å². The van der Waals surface area contributed by atoms with E-state index < -0.39 is 0 Å². The van der Waals surface area contributed by atoms with E-state index in [1.165, 1.54) is 30.7 Å². The predicted molar refractivity (Wildman–Crippen MR) is 63.3 cm³/mol. The zero-order valence-electron chi connectivity index (χ0n) is 8.98. The van der Waals surface area contributed by atoms with Crippen molar-refractivity contribution in [3.8, 4) is 0 Å². The first-order valence-electron chi connectivity index (χ1n) is 5.88. The fourth-order valence-electron chi connectivity index (χ4n) is 3.18. The number of benzene rings is 1. The molecule has 2 aliphatic carbocycles. The number of hydrogen-bond acceptors (Lipinski definition) is 3. The summed E-state index contributed by atoms with van der Waals surface area (Å²) in [5.41, 5.74) is 11.0. The summed E-state index contributed by atoms with van der Waals surface area (Å²) >= 11 is 0. The summed E-state index contributed by atoms with van der Waals surface area (Å²) < 4.78 is 0. The average Bonchev–Trinajstić information content (AvgIpc) is 2.87. The standard InChI is InChI=1S/C13H13N3/c14-9-3-4-10-11(6-9)16-13-8-2-1-7(5-8)12(13)15-10/h3-4,6-8H,1-2,5,14H2/t7-,8-/m1/s1. The molecule has 4 rings (SSSR count). The highest BCUT2D eigenvalue weighted by atomic mass is 14.9. The van der Waals surface area contributed by atoms with Gasteiger partial charge in [0.1, 0.15) is 0 Å². The Balaban J connectivity index is 2.03. The molecule has 2 aliphatic rings. The van der Waals surface area contributed by atoms with Gasteiger partial charge in [-0.1, -0.05) is 0 Å². The third kappa shape index (κ3) is 0.979. The van der Waals surface area contributed by atoms with E-state index in [0.29, 0.717) is 11.8 Å². The topological polar surface area (TPSA) is 51.8 Å². The molecule has 16 heavy (non-hydrogen) atoms. The van der Waals surface area contributed by atoms with Crippen LogP contribution in [0.3, 0.4) is 0 Å². The van der Waals surface area contributed by atoms with Gasteiger partial charge in [0.25, 0.3) is 0 Å². The number of anilines is 1. The van der Waals surface area contributed by atoms with E-state index in [2.05, 4.69) is 0 Å². The molecular formula is C13H13N3. The molecule has 0 amide bonds. The van der Waals surface area contributed by atoms with Crippen LogP contribution in [-0.2, 0) is 0 Å². The van der Waals surface area contributed by atoms with Crippen LogP contribution < -0.4 is 5.73 Å². The van der Waals surface area contributed by atoms with Gasteiger partial charge >= 0.3 is 0 Å². The number of fused-ring (bicyclic) bond motifs is 6. The highest BCUT2D eigenvalue weighted by Crippen LogP contribution is 2.51. The molecule has 1 saturated carbocycles. The van der Waals surface area contributed by atoms with Crippen molar-refractivity contribution in [1.29, 1.82) is 0 Å². The van der Waals surface area contributed by atoms with Crippen LogP contribution in [0.5, 0.6) is 0 Å². The van der Waals surface area contributed by atoms with Crippen molar-refractivity contribution in [2.24, 2.45) is 0 Å². The van der Waals surface area contributed by atoms with Crippen molar-refractivity contribution < 1.29 is 0 Å². The van der Waals surface area contributed by atoms with Crippen LogP contribution in [0, 0.1) is 0 Å². The lowest BCUT2D eigenvalue weighted by Gasteiger charge is -2.13. The third-order valence-corrected chi connectivity index (χ3v) is 3.95. The highest BCUT2D eigenvalue weighted by molar-refractivity contribution is 5.78. The van der Waals surface area contributed by atoms with Crippen LogP contribution in [0.25, 0.3) is 11.0 Å². The van der Waals surface area contributed by atoms with Gasteiger partial charge in [0.2, 0.25) is 0 Å². The Kier molecular flexibility index (Phi) is 1.45. The second-order valence-electron chi connectivity index (χ2n) is 4.95. The third-order valence-electron chi connectivity index (χ3n) is 3.95. The summed E-state index contributed by atoms with van der Waals surface area (Å²) in [6.07, 6.45) is 3.86. The molecule has 3 heteroatoms. The molecule has 2 bridgehead atoms. The van der Waals surface area contributed by atoms with E-state index in [4.69, 9.17) is 15.7 Å². The zero-order valence-corrected chi connectivity index (χ0v) is 8.98. The first kappa shape index (κ1) is 8.50. The van der Waals surface area contributed by atoms with Crippen molar-refractivity contribution in [2.45, 2.75) is 31.1 Å². The largest absolute Gasteiger partial charge is 0.399 e. The van der Waals surface area contributed by atoms with Crippen LogP contribution in [0.4, 0.5) is 5.69 Å². The summed E-state index contributed by atoms with van der Waals surface area (Å²) in [4.78, 5) is 9.52. The SMILES string of the molecule is Nc1ccc2nc3c(nc2c1)[C@@H]1CC[C@@H]3C1. The quantitative estimate of drug-likeness (QED) is 0.681. The first-order chi connectivity index (χ1) is 7.81. The lowest BCUT2D eigenvalue weighted by Crippen LogP contribution is -2.04. The van der Waals surface area contributed by atoms with Gasteiger partial charge in [-0.25, -0.2) is 9.97 Å². The zero-order chi connectivity index (χ0) is 10.7. The molecule has 0 unspecified atom stereocenters. The average molecular weight is 211 g/mol. The van der Waals surface area contributed by atoms with E-state index in [0.717, 1.165) is 16.7 Å². The smallest absolute Gasteiger partial charge is 0.0910 e. The van der Waals surface area contributed by atoms with Gasteiger partial charge in [0.15, 0.2) is 0 Å². The minimum Gasteiger partial charge on any atom is -0.399 e. The van der Waals surface area contributed by atoms with Crippen LogP contribution in [0.15, 0.2) is 18.2 Å². The maximum absolute atomic E-state index is 5.78. The highest BCUT2D eigenvalue weighted by Gasteiger charge is 2.39. The molecule has 80 valence electrons. The van der Waals surface area contributed by atoms with E-state index in [9.17, 15) is 0 Å². The molecule has 1 aromatic carbocycles. The van der Waals surface area contributed by atoms with Gasteiger partial charge in [0, 0.05) is 17.5 Å². The number of hydrogen-bond donors (Lipinski definition) is 1. The van der Waals surface area contributed by atoms with Crippen LogP contribution in [-0.4, -0.2) is 9.97 Å². The fraction of sp³-hybridized carbons (Fsp3) is 0.385. The lowest BCUT2D eigenvalue weighted by atomic mass is 10.0. The number of nitrogens with two attached hydrogens (primary N) is 1. The predicted octanol–water partition coefficient (Wildman–Crippen LogP) is 2.58. The van der Waals surface area contributed by atoms with Gasteiger partial charge in [-0.2, -0.15) is 0 Å². The summed E-state index contributed by atoms with van der Waals surface area (Å²) in [6, 6.07) is 5.80. The van der Waals surface area contributed by atoms with Gasteiger partial charge < -0.3 is 5.73 Å². The van der Waals surface area contributed by atoms with Crippen LogP contribution in [0.1, 0.15) is 42.5 Å². The van der Waals surface area contributed by atoms with Crippen LogP contribution in [0.2, 0.25) is 0 Å². The Hall–Kier alpha value is -1.64. The monoisotopic (exact) mass is 211 g/mol. The van der Waals surface area contributed by atoms with E-state index in [1.54, 1.807) is 0 Å². The maximum atomic E-state index is 5.78. The summed E-state index contributed by atoms with van der Waals surface area (Å²) in [6.45, 7) is 0. The first-order valence-corrected chi connectivity index (χ1v) is 5.88. The summed E-state index contributed by atoms with van der Waals surface area (Å²) in [5, 5.41) is 0. The second kappa shape index (κ2) is 2.73. The molecule has 2 aromatic rings. The Morgan fingerprint density at radius 3 is 2.44 bits per heavy atom. The Labute approximate surface area is 93.7 Å². The minimum atomic E-state index is 0.665. The molecule has 0 aliphatic heterocycles. The Morgan fingerprint density at radius 2 is 1.69 bits per heavy atom. The molecule has 3 nitrogen and oxygen atoms in total. The minimum absolute atomic E-state index is 0.665.